The highest BCUT2D eigenvalue weighted by atomic mass is 15.2. The number of nitrogens with zero attached hydrogens (tertiary/aromatic N) is 1. The number of anilines is 1. The highest BCUT2D eigenvalue weighted by molar-refractivity contribution is 5.56. The molecule has 1 atom stereocenters. The number of benzene rings is 1. The second-order valence-corrected chi connectivity index (χ2v) is 5.29. The Morgan fingerprint density at radius 2 is 2.06 bits per heavy atom. The molecule has 1 fully saturated rings. The van der Waals surface area contributed by atoms with Crippen LogP contribution in [0.25, 0.3) is 0 Å². The molecule has 3 nitrogen and oxygen atoms in total. The fraction of sp³-hybridized carbons (Fsp3) is 0.600. The first-order valence-electron chi connectivity index (χ1n) is 7.20. The first-order chi connectivity index (χ1) is 8.88. The van der Waals surface area contributed by atoms with Crippen LogP contribution in [0.2, 0.25) is 0 Å². The van der Waals surface area contributed by atoms with Gasteiger partial charge in [0, 0.05) is 44.5 Å². The molecule has 98 valence electrons. The van der Waals surface area contributed by atoms with Crippen molar-refractivity contribution in [2.75, 3.05) is 38.0 Å². The Morgan fingerprint density at radius 1 is 1.22 bits per heavy atom. The average Bonchev–Trinajstić information content (AvgIpc) is 2.47. The van der Waals surface area contributed by atoms with E-state index in [4.69, 9.17) is 0 Å². The number of fused-ring (bicyclic) bond motifs is 1. The Kier molecular flexibility index (Phi) is 3.52. The molecule has 3 rings (SSSR count). The van der Waals surface area contributed by atoms with Crippen LogP contribution in [0.3, 0.4) is 0 Å². The van der Waals surface area contributed by atoms with Crippen LogP contribution in [-0.2, 0) is 6.42 Å². The summed E-state index contributed by atoms with van der Waals surface area (Å²) in [5, 5.41) is 6.98. The lowest BCUT2D eigenvalue weighted by Gasteiger charge is -2.38. The molecule has 3 heteroatoms. The van der Waals surface area contributed by atoms with Crippen LogP contribution in [0.5, 0.6) is 0 Å². The number of hydrogen-bond donors (Lipinski definition) is 2. The van der Waals surface area contributed by atoms with Gasteiger partial charge in [-0.25, -0.2) is 0 Å². The van der Waals surface area contributed by atoms with Crippen LogP contribution < -0.4 is 10.6 Å². The van der Waals surface area contributed by atoms with E-state index in [1.54, 1.807) is 0 Å². The van der Waals surface area contributed by atoms with Crippen molar-refractivity contribution in [2.24, 2.45) is 0 Å². The van der Waals surface area contributed by atoms with E-state index in [9.17, 15) is 0 Å². The maximum atomic E-state index is 3.54. The quantitative estimate of drug-likeness (QED) is 0.834. The summed E-state index contributed by atoms with van der Waals surface area (Å²) >= 11 is 0. The van der Waals surface area contributed by atoms with Crippen LogP contribution in [0.1, 0.15) is 30.5 Å². The number of nitrogens with one attached hydrogen (secondary N) is 2. The predicted molar refractivity (Wildman–Crippen MR) is 76.1 cm³/mol. The summed E-state index contributed by atoms with van der Waals surface area (Å²) in [5.74, 6) is 0. The van der Waals surface area contributed by atoms with E-state index < -0.39 is 0 Å². The Balaban J connectivity index is 1.89. The van der Waals surface area contributed by atoms with Crippen molar-refractivity contribution in [3.05, 3.63) is 29.3 Å². The molecular formula is C15H23N3. The molecule has 0 radical (unpaired) electrons. The van der Waals surface area contributed by atoms with Crippen LogP contribution in [0.4, 0.5) is 5.69 Å². The zero-order valence-corrected chi connectivity index (χ0v) is 11.2. The molecule has 2 heterocycles. The lowest BCUT2D eigenvalue weighted by Crippen LogP contribution is -2.46. The lowest BCUT2D eigenvalue weighted by atomic mass is 9.93. The molecule has 0 aliphatic carbocycles. The summed E-state index contributed by atoms with van der Waals surface area (Å²) in [5.41, 5.74) is 4.32. The third-order valence-electron chi connectivity index (χ3n) is 4.21. The van der Waals surface area contributed by atoms with Crippen LogP contribution in [-0.4, -0.2) is 37.6 Å². The largest absolute Gasteiger partial charge is 0.385 e. The van der Waals surface area contributed by atoms with Gasteiger partial charge < -0.3 is 10.6 Å². The van der Waals surface area contributed by atoms with E-state index in [0.717, 1.165) is 26.1 Å². The van der Waals surface area contributed by atoms with Crippen molar-refractivity contribution >= 4 is 5.69 Å². The molecule has 2 N–H and O–H groups in total. The minimum atomic E-state index is 0.620. The number of aryl methyl sites for hydroxylation is 1. The number of piperazine rings is 1. The smallest absolute Gasteiger partial charge is 0.0388 e. The monoisotopic (exact) mass is 245 g/mol. The van der Waals surface area contributed by atoms with Crippen molar-refractivity contribution in [1.29, 1.82) is 0 Å². The van der Waals surface area contributed by atoms with Gasteiger partial charge in [-0.1, -0.05) is 19.1 Å². The van der Waals surface area contributed by atoms with Crippen LogP contribution in [0, 0.1) is 0 Å². The average molecular weight is 245 g/mol. The SMILES string of the molecule is CCc1ccc2c(c1)C(N1CCNCC1)CCN2. The van der Waals surface area contributed by atoms with Crippen LogP contribution >= 0.6 is 0 Å². The minimum absolute atomic E-state index is 0.620. The molecule has 1 saturated heterocycles. The molecule has 0 bridgehead atoms. The summed E-state index contributed by atoms with van der Waals surface area (Å²) < 4.78 is 0. The van der Waals surface area contributed by atoms with E-state index in [1.807, 2.05) is 0 Å². The van der Waals surface area contributed by atoms with Gasteiger partial charge in [0.05, 0.1) is 0 Å². The van der Waals surface area contributed by atoms with E-state index >= 15 is 0 Å². The van der Waals surface area contributed by atoms with Crippen LogP contribution in [0.15, 0.2) is 18.2 Å². The Morgan fingerprint density at radius 3 is 2.83 bits per heavy atom. The molecule has 2 aliphatic heterocycles. The molecule has 2 aliphatic rings. The fourth-order valence-corrected chi connectivity index (χ4v) is 3.14. The molecule has 18 heavy (non-hydrogen) atoms. The summed E-state index contributed by atoms with van der Waals surface area (Å²) in [7, 11) is 0. The van der Waals surface area contributed by atoms with Gasteiger partial charge in [-0.3, -0.25) is 4.90 Å². The summed E-state index contributed by atoms with van der Waals surface area (Å²) in [6.45, 7) is 7.96. The summed E-state index contributed by atoms with van der Waals surface area (Å²) in [6, 6.07) is 7.55. The number of hydrogen-bond acceptors (Lipinski definition) is 3. The third-order valence-corrected chi connectivity index (χ3v) is 4.21. The third kappa shape index (κ3) is 2.25. The molecule has 1 aromatic rings. The first-order valence-corrected chi connectivity index (χ1v) is 7.20. The first kappa shape index (κ1) is 12.0. The van der Waals surface area contributed by atoms with E-state index in [0.29, 0.717) is 6.04 Å². The maximum Gasteiger partial charge on any atom is 0.0388 e. The molecule has 0 spiro atoms. The van der Waals surface area contributed by atoms with Crippen molar-refractivity contribution in [2.45, 2.75) is 25.8 Å². The van der Waals surface area contributed by atoms with Gasteiger partial charge >= 0.3 is 0 Å². The highest BCUT2D eigenvalue weighted by Crippen LogP contribution is 2.34. The lowest BCUT2D eigenvalue weighted by molar-refractivity contribution is 0.166. The Bertz CT molecular complexity index is 410. The zero-order valence-electron chi connectivity index (χ0n) is 11.2. The highest BCUT2D eigenvalue weighted by Gasteiger charge is 2.26. The topological polar surface area (TPSA) is 27.3 Å². The molecule has 0 saturated carbocycles. The van der Waals surface area contributed by atoms with Crippen molar-refractivity contribution in [1.82, 2.24) is 10.2 Å². The molecule has 1 aromatic carbocycles. The zero-order chi connectivity index (χ0) is 12.4. The fourth-order valence-electron chi connectivity index (χ4n) is 3.14. The maximum absolute atomic E-state index is 3.54. The normalized spacial score (nSPS) is 24.4. The summed E-state index contributed by atoms with van der Waals surface area (Å²) in [4.78, 5) is 2.65. The van der Waals surface area contributed by atoms with Gasteiger partial charge in [-0.15, -0.1) is 0 Å². The van der Waals surface area contributed by atoms with Gasteiger partial charge in [0.25, 0.3) is 0 Å². The molecule has 0 aromatic heterocycles. The predicted octanol–water partition coefficient (Wildman–Crippen LogP) is 2.01. The number of rotatable bonds is 2. The van der Waals surface area contributed by atoms with Gasteiger partial charge in [0.15, 0.2) is 0 Å². The second kappa shape index (κ2) is 5.29. The van der Waals surface area contributed by atoms with E-state index in [1.165, 1.54) is 36.3 Å². The molecule has 1 unspecified atom stereocenters. The minimum Gasteiger partial charge on any atom is -0.385 e. The Labute approximate surface area is 110 Å². The molecular weight excluding hydrogens is 222 g/mol. The van der Waals surface area contributed by atoms with Gasteiger partial charge in [0.2, 0.25) is 0 Å². The Hall–Kier alpha value is -1.06. The summed E-state index contributed by atoms with van der Waals surface area (Å²) in [6.07, 6.45) is 2.36. The van der Waals surface area contributed by atoms with Crippen molar-refractivity contribution in [3.63, 3.8) is 0 Å². The van der Waals surface area contributed by atoms with Crippen molar-refractivity contribution < 1.29 is 0 Å². The van der Waals surface area contributed by atoms with E-state index in [-0.39, 0.29) is 0 Å². The second-order valence-electron chi connectivity index (χ2n) is 5.29. The molecule has 0 amide bonds. The van der Waals surface area contributed by atoms with Gasteiger partial charge in [-0.2, -0.15) is 0 Å². The van der Waals surface area contributed by atoms with Gasteiger partial charge in [0.1, 0.15) is 0 Å². The van der Waals surface area contributed by atoms with Crippen molar-refractivity contribution in [3.8, 4) is 0 Å². The van der Waals surface area contributed by atoms with E-state index in [2.05, 4.69) is 40.7 Å². The van der Waals surface area contributed by atoms with Gasteiger partial charge in [-0.05, 0) is 30.0 Å². The standard InChI is InChI=1S/C15H23N3/c1-2-12-3-4-14-13(11-12)15(5-6-17-14)18-9-7-16-8-10-18/h3-4,11,15-17H,2,5-10H2,1H3.